The molecule has 1 N–H and O–H groups in total. The van der Waals surface area contributed by atoms with Crippen molar-refractivity contribution in [1.82, 2.24) is 0 Å². The molecule has 1 aliphatic carbocycles. The Morgan fingerprint density at radius 2 is 1.50 bits per heavy atom. The van der Waals surface area contributed by atoms with E-state index in [0.717, 1.165) is 44.9 Å². The van der Waals surface area contributed by atoms with Gasteiger partial charge in [-0.1, -0.05) is 72.1 Å². The molecule has 1 rings (SSSR count). The van der Waals surface area contributed by atoms with Gasteiger partial charge in [-0.05, 0) is 50.9 Å². The number of hydrogen-bond donors (Lipinski definition) is 1. The van der Waals surface area contributed by atoms with Gasteiger partial charge < -0.3 is 9.84 Å². The second-order valence-electron chi connectivity index (χ2n) is 9.19. The number of esters is 1. The first-order chi connectivity index (χ1) is 13.4. The predicted molar refractivity (Wildman–Crippen MR) is 114 cm³/mol. The molecule has 0 aromatic rings. The van der Waals surface area contributed by atoms with Crippen molar-refractivity contribution in [3.05, 3.63) is 0 Å². The topological polar surface area (TPSA) is 63.6 Å². The van der Waals surface area contributed by atoms with Gasteiger partial charge in [-0.15, -0.1) is 0 Å². The fourth-order valence-electron chi connectivity index (χ4n) is 4.23. The lowest BCUT2D eigenvalue weighted by Gasteiger charge is -2.27. The van der Waals surface area contributed by atoms with Crippen LogP contribution in [0, 0.1) is 17.8 Å². The Hall–Kier alpha value is -1.06. The van der Waals surface area contributed by atoms with Gasteiger partial charge in [-0.3, -0.25) is 9.59 Å². The summed E-state index contributed by atoms with van der Waals surface area (Å²) >= 11 is 0. The van der Waals surface area contributed by atoms with Gasteiger partial charge in [0, 0.05) is 0 Å². The van der Waals surface area contributed by atoms with E-state index < -0.39 is 5.97 Å². The summed E-state index contributed by atoms with van der Waals surface area (Å²) in [7, 11) is 0. The zero-order chi connectivity index (χ0) is 20.8. The molecule has 0 spiro atoms. The summed E-state index contributed by atoms with van der Waals surface area (Å²) in [4.78, 5) is 23.9. The molecule has 0 aromatic heterocycles. The maximum atomic E-state index is 12.7. The van der Waals surface area contributed by atoms with Crippen LogP contribution < -0.4 is 0 Å². The molecule has 0 amide bonds. The van der Waals surface area contributed by atoms with Crippen molar-refractivity contribution in [1.29, 1.82) is 0 Å². The summed E-state index contributed by atoms with van der Waals surface area (Å²) in [6.45, 7) is 6.69. The first-order valence-corrected chi connectivity index (χ1v) is 11.9. The highest BCUT2D eigenvalue weighted by molar-refractivity contribution is 5.75. The van der Waals surface area contributed by atoms with Gasteiger partial charge in [0.1, 0.15) is 6.10 Å². The predicted octanol–water partition coefficient (Wildman–Crippen LogP) is 6.76. The third kappa shape index (κ3) is 11.1. The first-order valence-electron chi connectivity index (χ1n) is 11.9. The van der Waals surface area contributed by atoms with Crippen molar-refractivity contribution >= 4 is 11.9 Å². The van der Waals surface area contributed by atoms with E-state index in [0.29, 0.717) is 18.8 Å². The Kier molecular flexibility index (Phi) is 13.3. The molecule has 1 aliphatic rings. The minimum absolute atomic E-state index is 0.00657. The molecule has 0 aromatic carbocycles. The van der Waals surface area contributed by atoms with E-state index in [1.165, 1.54) is 38.5 Å². The number of ether oxygens (including phenoxy) is 1. The monoisotopic (exact) mass is 396 g/mol. The average molecular weight is 397 g/mol. The maximum absolute atomic E-state index is 12.7. The van der Waals surface area contributed by atoms with E-state index in [1.54, 1.807) is 0 Å². The van der Waals surface area contributed by atoms with Crippen LogP contribution in [0.25, 0.3) is 0 Å². The number of carbonyl (C=O) groups is 2. The smallest absolute Gasteiger partial charge is 0.309 e. The van der Waals surface area contributed by atoms with Gasteiger partial charge in [0.25, 0.3) is 0 Å². The van der Waals surface area contributed by atoms with Crippen molar-refractivity contribution < 1.29 is 19.4 Å². The standard InChI is InChI=1S/C24H44O4/c1-4-5-6-7-8-9-10-16-22(17-11-13-19(2)3)28-24(27)21-15-12-14-20(18-21)23(25)26/h19-22H,4-18H2,1-3H3,(H,25,26). The molecule has 4 nitrogen and oxygen atoms in total. The summed E-state index contributed by atoms with van der Waals surface area (Å²) in [5, 5.41) is 9.26. The second kappa shape index (κ2) is 14.9. The van der Waals surface area contributed by atoms with Crippen molar-refractivity contribution in [2.45, 2.75) is 123 Å². The van der Waals surface area contributed by atoms with Crippen molar-refractivity contribution in [3.8, 4) is 0 Å². The van der Waals surface area contributed by atoms with Crippen molar-refractivity contribution in [2.75, 3.05) is 0 Å². The Labute approximate surface area is 172 Å². The Bertz CT molecular complexity index is 432. The fourth-order valence-corrected chi connectivity index (χ4v) is 4.23. The van der Waals surface area contributed by atoms with E-state index in [1.807, 2.05) is 0 Å². The number of carboxylic acid groups (broad SMARTS) is 1. The summed E-state index contributed by atoms with van der Waals surface area (Å²) in [6, 6.07) is 0. The van der Waals surface area contributed by atoms with Gasteiger partial charge in [-0.2, -0.15) is 0 Å². The van der Waals surface area contributed by atoms with E-state index in [-0.39, 0.29) is 23.9 Å². The minimum Gasteiger partial charge on any atom is -0.481 e. The van der Waals surface area contributed by atoms with E-state index in [2.05, 4.69) is 20.8 Å². The van der Waals surface area contributed by atoms with Gasteiger partial charge in [0.2, 0.25) is 0 Å². The van der Waals surface area contributed by atoms with Gasteiger partial charge in [-0.25, -0.2) is 0 Å². The van der Waals surface area contributed by atoms with Gasteiger partial charge in [0.05, 0.1) is 11.8 Å². The number of hydrogen-bond acceptors (Lipinski definition) is 3. The largest absolute Gasteiger partial charge is 0.481 e. The minimum atomic E-state index is -0.769. The number of carbonyl (C=O) groups excluding carboxylic acids is 1. The van der Waals surface area contributed by atoms with E-state index >= 15 is 0 Å². The molecule has 0 bridgehead atoms. The molecule has 28 heavy (non-hydrogen) atoms. The Balaban J connectivity index is 2.42. The molecule has 0 radical (unpaired) electrons. The van der Waals surface area contributed by atoms with Crippen LogP contribution in [0.2, 0.25) is 0 Å². The number of rotatable bonds is 15. The molecule has 0 saturated heterocycles. The average Bonchev–Trinajstić information content (AvgIpc) is 2.66. The van der Waals surface area contributed by atoms with E-state index in [9.17, 15) is 14.7 Å². The quantitative estimate of drug-likeness (QED) is 0.245. The summed E-state index contributed by atoms with van der Waals surface area (Å²) in [5.74, 6) is -0.854. The van der Waals surface area contributed by atoms with Gasteiger partial charge in [0.15, 0.2) is 0 Å². The maximum Gasteiger partial charge on any atom is 0.309 e. The zero-order valence-electron chi connectivity index (χ0n) is 18.6. The summed E-state index contributed by atoms with van der Waals surface area (Å²) in [5.41, 5.74) is 0. The van der Waals surface area contributed by atoms with Crippen LogP contribution >= 0.6 is 0 Å². The first kappa shape index (κ1) is 25.0. The second-order valence-corrected chi connectivity index (χ2v) is 9.19. The van der Waals surface area contributed by atoms with Crippen LogP contribution in [0.5, 0.6) is 0 Å². The lowest BCUT2D eigenvalue weighted by molar-refractivity contribution is -0.158. The highest BCUT2D eigenvalue weighted by atomic mass is 16.5. The Morgan fingerprint density at radius 3 is 2.14 bits per heavy atom. The summed E-state index contributed by atoms with van der Waals surface area (Å²) < 4.78 is 5.91. The molecule has 0 heterocycles. The van der Waals surface area contributed by atoms with Crippen LogP contribution in [0.4, 0.5) is 0 Å². The van der Waals surface area contributed by atoms with Crippen LogP contribution in [0.15, 0.2) is 0 Å². The van der Waals surface area contributed by atoms with Crippen LogP contribution in [0.3, 0.4) is 0 Å². The number of unbranched alkanes of at least 4 members (excludes halogenated alkanes) is 6. The molecular weight excluding hydrogens is 352 g/mol. The van der Waals surface area contributed by atoms with Crippen LogP contribution in [0.1, 0.15) is 117 Å². The number of carboxylic acids is 1. The van der Waals surface area contributed by atoms with Crippen molar-refractivity contribution in [2.24, 2.45) is 17.8 Å². The van der Waals surface area contributed by atoms with Crippen LogP contribution in [-0.4, -0.2) is 23.1 Å². The lowest BCUT2D eigenvalue weighted by atomic mass is 9.81. The normalized spacial score (nSPS) is 20.9. The molecule has 1 fully saturated rings. The molecule has 1 saturated carbocycles. The third-order valence-corrected chi connectivity index (χ3v) is 6.08. The fraction of sp³-hybridized carbons (Fsp3) is 0.917. The molecule has 3 atom stereocenters. The molecule has 4 heteroatoms. The third-order valence-electron chi connectivity index (χ3n) is 6.08. The van der Waals surface area contributed by atoms with Gasteiger partial charge >= 0.3 is 11.9 Å². The summed E-state index contributed by atoms with van der Waals surface area (Å²) in [6.07, 6.45) is 15.7. The SMILES string of the molecule is CCCCCCCCCC(CCCC(C)C)OC(=O)C1CCCC(C(=O)O)C1. The highest BCUT2D eigenvalue weighted by Gasteiger charge is 2.32. The molecule has 0 aliphatic heterocycles. The zero-order valence-corrected chi connectivity index (χ0v) is 18.6. The van der Waals surface area contributed by atoms with E-state index in [4.69, 9.17) is 4.74 Å². The highest BCUT2D eigenvalue weighted by Crippen LogP contribution is 2.31. The molecule has 164 valence electrons. The Morgan fingerprint density at radius 1 is 0.893 bits per heavy atom. The van der Waals surface area contributed by atoms with Crippen molar-refractivity contribution in [3.63, 3.8) is 0 Å². The number of aliphatic carboxylic acids is 1. The lowest BCUT2D eigenvalue weighted by Crippen LogP contribution is -2.31. The molecule has 3 unspecified atom stereocenters. The molecular formula is C24H44O4. The van der Waals surface area contributed by atoms with Crippen LogP contribution in [-0.2, 0) is 14.3 Å².